The summed E-state index contributed by atoms with van der Waals surface area (Å²) in [5.41, 5.74) is 3.91. The van der Waals surface area contributed by atoms with Gasteiger partial charge < -0.3 is 5.32 Å². The van der Waals surface area contributed by atoms with Crippen LogP contribution in [-0.2, 0) is 11.2 Å². The highest BCUT2D eigenvalue weighted by Gasteiger charge is 2.17. The highest BCUT2D eigenvalue weighted by atomic mass is 16.1. The lowest BCUT2D eigenvalue weighted by molar-refractivity contribution is -0.115. The van der Waals surface area contributed by atoms with Crippen molar-refractivity contribution in [2.75, 3.05) is 5.32 Å². The zero-order valence-electron chi connectivity index (χ0n) is 8.37. The summed E-state index contributed by atoms with van der Waals surface area (Å²) in [7, 11) is 0. The number of rotatable bonds is 0. The van der Waals surface area contributed by atoms with E-state index in [9.17, 15) is 4.79 Å². The Morgan fingerprint density at radius 1 is 1.33 bits per heavy atom. The maximum atomic E-state index is 11.2. The van der Waals surface area contributed by atoms with Crippen LogP contribution in [-0.4, -0.2) is 10.9 Å². The SMILES string of the molecule is Cc1ccc2cc3c(cc2n1)NC(=O)C3. The molecule has 0 saturated carbocycles. The van der Waals surface area contributed by atoms with Crippen molar-refractivity contribution in [1.29, 1.82) is 0 Å². The lowest BCUT2D eigenvalue weighted by atomic mass is 10.1. The molecule has 1 aromatic carbocycles. The molecule has 1 aliphatic heterocycles. The molecule has 1 aliphatic rings. The van der Waals surface area contributed by atoms with E-state index < -0.39 is 0 Å². The predicted octanol–water partition coefficient (Wildman–Crippen LogP) is 2.04. The first-order valence-corrected chi connectivity index (χ1v) is 4.92. The van der Waals surface area contributed by atoms with Crippen molar-refractivity contribution in [3.8, 4) is 0 Å². The van der Waals surface area contributed by atoms with Gasteiger partial charge in [0.1, 0.15) is 0 Å². The number of aryl methyl sites for hydroxylation is 1. The van der Waals surface area contributed by atoms with E-state index in [0.717, 1.165) is 27.8 Å². The molecule has 0 saturated heterocycles. The van der Waals surface area contributed by atoms with Gasteiger partial charge in [-0.15, -0.1) is 0 Å². The molecule has 1 amide bonds. The molecule has 3 nitrogen and oxygen atoms in total. The second kappa shape index (κ2) is 2.79. The topological polar surface area (TPSA) is 42.0 Å². The number of aromatic nitrogens is 1. The van der Waals surface area contributed by atoms with Crippen molar-refractivity contribution in [3.63, 3.8) is 0 Å². The van der Waals surface area contributed by atoms with Gasteiger partial charge in [-0.3, -0.25) is 9.78 Å². The second-order valence-corrected chi connectivity index (χ2v) is 3.88. The van der Waals surface area contributed by atoms with E-state index in [0.29, 0.717) is 6.42 Å². The van der Waals surface area contributed by atoms with E-state index in [-0.39, 0.29) is 5.91 Å². The van der Waals surface area contributed by atoms with Crippen molar-refractivity contribution in [3.05, 3.63) is 35.5 Å². The Balaban J connectivity index is 2.29. The molecule has 0 fully saturated rings. The maximum absolute atomic E-state index is 11.2. The molecule has 0 spiro atoms. The predicted molar refractivity (Wildman–Crippen MR) is 58.8 cm³/mol. The minimum absolute atomic E-state index is 0.0667. The molecular formula is C12H10N2O. The standard InChI is InChI=1S/C12H10N2O/c1-7-2-3-8-4-9-5-12(15)14-11(9)6-10(8)13-7/h2-4,6H,5H2,1H3,(H,14,15). The van der Waals surface area contributed by atoms with E-state index in [4.69, 9.17) is 0 Å². The Bertz CT molecular complexity index is 575. The van der Waals surface area contributed by atoms with Crippen LogP contribution >= 0.6 is 0 Å². The maximum Gasteiger partial charge on any atom is 0.228 e. The first-order chi connectivity index (χ1) is 7.22. The lowest BCUT2D eigenvalue weighted by Gasteiger charge is -2.02. The van der Waals surface area contributed by atoms with Crippen LogP contribution in [0.25, 0.3) is 10.9 Å². The summed E-state index contributed by atoms with van der Waals surface area (Å²) in [6.07, 6.45) is 0.485. The molecule has 0 radical (unpaired) electrons. The van der Waals surface area contributed by atoms with Crippen LogP contribution in [0.3, 0.4) is 0 Å². The van der Waals surface area contributed by atoms with Crippen molar-refractivity contribution in [2.45, 2.75) is 13.3 Å². The molecule has 3 rings (SSSR count). The van der Waals surface area contributed by atoms with Crippen molar-refractivity contribution < 1.29 is 4.79 Å². The summed E-state index contributed by atoms with van der Waals surface area (Å²) < 4.78 is 0. The molecule has 0 unspecified atom stereocenters. The summed E-state index contributed by atoms with van der Waals surface area (Å²) in [5.74, 6) is 0.0667. The van der Waals surface area contributed by atoms with Crippen molar-refractivity contribution in [2.24, 2.45) is 0 Å². The zero-order valence-corrected chi connectivity index (χ0v) is 8.37. The normalized spacial score (nSPS) is 14.1. The average Bonchev–Trinajstić information content (AvgIpc) is 2.53. The molecule has 0 aliphatic carbocycles. The number of carbonyl (C=O) groups is 1. The van der Waals surface area contributed by atoms with Gasteiger partial charge in [-0.1, -0.05) is 6.07 Å². The van der Waals surface area contributed by atoms with Gasteiger partial charge in [0.25, 0.3) is 0 Å². The second-order valence-electron chi connectivity index (χ2n) is 3.88. The number of hydrogen-bond donors (Lipinski definition) is 1. The first-order valence-electron chi connectivity index (χ1n) is 4.92. The molecule has 15 heavy (non-hydrogen) atoms. The van der Waals surface area contributed by atoms with Gasteiger partial charge in [-0.05, 0) is 30.7 Å². The lowest BCUT2D eigenvalue weighted by Crippen LogP contribution is -2.03. The Kier molecular flexibility index (Phi) is 1.57. The van der Waals surface area contributed by atoms with Crippen LogP contribution in [0.4, 0.5) is 5.69 Å². The average molecular weight is 198 g/mol. The molecule has 2 aromatic rings. The Morgan fingerprint density at radius 2 is 2.20 bits per heavy atom. The summed E-state index contributed by atoms with van der Waals surface area (Å²) in [6.45, 7) is 1.96. The van der Waals surface area contributed by atoms with Gasteiger partial charge in [-0.2, -0.15) is 0 Å². The van der Waals surface area contributed by atoms with Crippen LogP contribution in [0.5, 0.6) is 0 Å². The van der Waals surface area contributed by atoms with Gasteiger partial charge in [0.2, 0.25) is 5.91 Å². The number of carbonyl (C=O) groups excluding carboxylic acids is 1. The van der Waals surface area contributed by atoms with Crippen LogP contribution < -0.4 is 5.32 Å². The van der Waals surface area contributed by atoms with Gasteiger partial charge in [-0.25, -0.2) is 0 Å². The van der Waals surface area contributed by atoms with Gasteiger partial charge in [0.05, 0.1) is 11.9 Å². The van der Waals surface area contributed by atoms with E-state index in [1.54, 1.807) is 0 Å². The van der Waals surface area contributed by atoms with Crippen LogP contribution in [0.1, 0.15) is 11.3 Å². The van der Waals surface area contributed by atoms with Crippen molar-refractivity contribution in [1.82, 2.24) is 4.98 Å². The monoisotopic (exact) mass is 198 g/mol. The number of hydrogen-bond acceptors (Lipinski definition) is 2. The van der Waals surface area contributed by atoms with Crippen LogP contribution in [0.15, 0.2) is 24.3 Å². The number of fused-ring (bicyclic) bond motifs is 2. The summed E-state index contributed by atoms with van der Waals surface area (Å²) in [4.78, 5) is 15.6. The number of pyridine rings is 1. The third-order valence-corrected chi connectivity index (χ3v) is 2.68. The highest BCUT2D eigenvalue weighted by molar-refractivity contribution is 6.02. The van der Waals surface area contributed by atoms with E-state index >= 15 is 0 Å². The molecule has 1 aromatic heterocycles. The Labute approximate surface area is 87.1 Å². The van der Waals surface area contributed by atoms with Crippen molar-refractivity contribution >= 4 is 22.5 Å². The number of benzene rings is 1. The molecule has 0 bridgehead atoms. The molecular weight excluding hydrogens is 188 g/mol. The Morgan fingerprint density at radius 3 is 3.07 bits per heavy atom. The fourth-order valence-electron chi connectivity index (χ4n) is 1.95. The van der Waals surface area contributed by atoms with Crippen LogP contribution in [0.2, 0.25) is 0 Å². The van der Waals surface area contributed by atoms with Gasteiger partial charge in [0, 0.05) is 16.8 Å². The van der Waals surface area contributed by atoms with E-state index in [1.165, 1.54) is 0 Å². The van der Waals surface area contributed by atoms with Gasteiger partial charge >= 0.3 is 0 Å². The number of nitrogens with one attached hydrogen (secondary N) is 1. The first kappa shape index (κ1) is 8.41. The minimum atomic E-state index is 0.0667. The summed E-state index contributed by atoms with van der Waals surface area (Å²) >= 11 is 0. The molecule has 1 N–H and O–H groups in total. The molecule has 3 heteroatoms. The van der Waals surface area contributed by atoms with E-state index in [1.807, 2.05) is 31.2 Å². The van der Waals surface area contributed by atoms with Gasteiger partial charge in [0.15, 0.2) is 0 Å². The molecule has 74 valence electrons. The third-order valence-electron chi connectivity index (χ3n) is 2.68. The zero-order chi connectivity index (χ0) is 10.4. The summed E-state index contributed by atoms with van der Waals surface area (Å²) in [5, 5.41) is 3.92. The number of amides is 1. The smallest absolute Gasteiger partial charge is 0.228 e. The van der Waals surface area contributed by atoms with E-state index in [2.05, 4.69) is 10.3 Å². The number of anilines is 1. The largest absolute Gasteiger partial charge is 0.325 e. The fraction of sp³-hybridized carbons (Fsp3) is 0.167. The highest BCUT2D eigenvalue weighted by Crippen LogP contribution is 2.27. The minimum Gasteiger partial charge on any atom is -0.325 e. The third kappa shape index (κ3) is 1.28. The van der Waals surface area contributed by atoms with Crippen LogP contribution in [0, 0.1) is 6.92 Å². The summed E-state index contributed by atoms with van der Waals surface area (Å²) in [6, 6.07) is 8.01. The fourth-order valence-corrected chi connectivity index (χ4v) is 1.95. The molecule has 2 heterocycles. The Hall–Kier alpha value is -1.90. The quantitative estimate of drug-likeness (QED) is 0.703. The molecule has 0 atom stereocenters. The number of nitrogens with zero attached hydrogens (tertiary/aromatic N) is 1.